The molecule has 0 saturated carbocycles. The fraction of sp³-hybridized carbons (Fsp3) is 0.833. The van der Waals surface area contributed by atoms with E-state index < -0.39 is 10.0 Å². The van der Waals surface area contributed by atoms with Crippen LogP contribution in [-0.2, 0) is 14.8 Å². The quantitative estimate of drug-likeness (QED) is 0.615. The smallest absolute Gasteiger partial charge is 0.237 e. The molecular weight excluding hydrogens is 180 g/mol. The van der Waals surface area contributed by atoms with Crippen molar-refractivity contribution in [2.24, 2.45) is 5.73 Å². The highest BCUT2D eigenvalue weighted by molar-refractivity contribution is 7.90. The van der Waals surface area contributed by atoms with Crippen molar-refractivity contribution in [3.05, 3.63) is 0 Å². The molecule has 70 valence electrons. The van der Waals surface area contributed by atoms with E-state index in [4.69, 9.17) is 5.73 Å². The Morgan fingerprint density at radius 2 is 2.17 bits per heavy atom. The SMILES string of the molecule is NCCCN1C(=O)CCS1(=O)=O. The summed E-state index contributed by atoms with van der Waals surface area (Å²) in [5.41, 5.74) is 5.21. The lowest BCUT2D eigenvalue weighted by molar-refractivity contribution is -0.125. The zero-order valence-corrected chi connectivity index (χ0v) is 7.51. The predicted molar refractivity (Wildman–Crippen MR) is 43.8 cm³/mol. The van der Waals surface area contributed by atoms with E-state index in [0.29, 0.717) is 13.0 Å². The Balaban J connectivity index is 2.66. The summed E-state index contributed by atoms with van der Waals surface area (Å²) in [7, 11) is -3.28. The molecule has 12 heavy (non-hydrogen) atoms. The van der Waals surface area contributed by atoms with Crippen molar-refractivity contribution < 1.29 is 13.2 Å². The first-order chi connectivity index (χ1) is 5.58. The summed E-state index contributed by atoms with van der Waals surface area (Å²) in [5, 5.41) is 0. The summed E-state index contributed by atoms with van der Waals surface area (Å²) in [6.07, 6.45) is 0.651. The molecule has 0 spiro atoms. The number of amides is 1. The maximum absolute atomic E-state index is 11.1. The van der Waals surface area contributed by atoms with Gasteiger partial charge in [0.05, 0.1) is 5.75 Å². The normalized spacial score (nSPS) is 21.8. The minimum absolute atomic E-state index is 0.0452. The van der Waals surface area contributed by atoms with Gasteiger partial charge in [-0.3, -0.25) is 4.79 Å². The Hall–Kier alpha value is -0.620. The largest absolute Gasteiger partial charge is 0.330 e. The summed E-state index contributed by atoms with van der Waals surface area (Å²) in [6.45, 7) is 0.636. The van der Waals surface area contributed by atoms with E-state index in [1.54, 1.807) is 0 Å². The van der Waals surface area contributed by atoms with Crippen LogP contribution in [0.15, 0.2) is 0 Å². The number of nitrogens with zero attached hydrogens (tertiary/aromatic N) is 1. The van der Waals surface area contributed by atoms with Gasteiger partial charge in [-0.2, -0.15) is 0 Å². The molecule has 0 unspecified atom stereocenters. The molecule has 0 bridgehead atoms. The summed E-state index contributed by atoms with van der Waals surface area (Å²) in [5.74, 6) is -0.348. The van der Waals surface area contributed by atoms with Gasteiger partial charge in [0.25, 0.3) is 0 Å². The van der Waals surface area contributed by atoms with E-state index in [9.17, 15) is 13.2 Å². The average Bonchev–Trinajstić information content (AvgIpc) is 2.24. The third-order valence-electron chi connectivity index (χ3n) is 1.75. The highest BCUT2D eigenvalue weighted by Gasteiger charge is 2.33. The van der Waals surface area contributed by atoms with Crippen molar-refractivity contribution in [3.63, 3.8) is 0 Å². The molecule has 1 amide bonds. The first-order valence-corrected chi connectivity index (χ1v) is 5.42. The molecule has 0 radical (unpaired) electrons. The second kappa shape index (κ2) is 3.40. The van der Waals surface area contributed by atoms with Gasteiger partial charge in [-0.05, 0) is 13.0 Å². The fourth-order valence-corrected chi connectivity index (χ4v) is 2.57. The standard InChI is InChI=1S/C6H12N2O3S/c7-3-1-4-8-6(9)2-5-12(8,10)11/h1-5,7H2. The minimum Gasteiger partial charge on any atom is -0.330 e. The maximum Gasteiger partial charge on any atom is 0.237 e. The van der Waals surface area contributed by atoms with Crippen LogP contribution in [0.1, 0.15) is 12.8 Å². The summed E-state index contributed by atoms with van der Waals surface area (Å²) in [6, 6.07) is 0. The molecule has 0 aromatic carbocycles. The number of sulfonamides is 1. The van der Waals surface area contributed by atoms with Gasteiger partial charge in [-0.25, -0.2) is 12.7 Å². The van der Waals surface area contributed by atoms with Crippen molar-refractivity contribution in [3.8, 4) is 0 Å². The zero-order valence-electron chi connectivity index (χ0n) is 6.69. The van der Waals surface area contributed by atoms with Crippen LogP contribution in [0.25, 0.3) is 0 Å². The number of carbonyl (C=O) groups is 1. The van der Waals surface area contributed by atoms with Gasteiger partial charge < -0.3 is 5.73 Å². The van der Waals surface area contributed by atoms with Crippen molar-refractivity contribution in [1.29, 1.82) is 0 Å². The van der Waals surface area contributed by atoms with E-state index in [-0.39, 0.29) is 24.6 Å². The van der Waals surface area contributed by atoms with E-state index in [1.165, 1.54) is 0 Å². The molecule has 0 atom stereocenters. The Labute approximate surface area is 71.6 Å². The number of hydrogen-bond acceptors (Lipinski definition) is 4. The molecule has 0 aromatic rings. The molecule has 1 saturated heterocycles. The molecule has 1 fully saturated rings. The zero-order chi connectivity index (χ0) is 9.19. The summed E-state index contributed by atoms with van der Waals surface area (Å²) in [4.78, 5) is 11.0. The van der Waals surface area contributed by atoms with Gasteiger partial charge in [-0.1, -0.05) is 0 Å². The van der Waals surface area contributed by atoms with Gasteiger partial charge in [0.1, 0.15) is 0 Å². The second-order valence-corrected chi connectivity index (χ2v) is 4.69. The van der Waals surface area contributed by atoms with Crippen molar-refractivity contribution in [2.45, 2.75) is 12.8 Å². The van der Waals surface area contributed by atoms with Crippen LogP contribution >= 0.6 is 0 Å². The number of carbonyl (C=O) groups excluding carboxylic acids is 1. The lowest BCUT2D eigenvalue weighted by Gasteiger charge is -2.13. The van der Waals surface area contributed by atoms with Crippen LogP contribution in [-0.4, -0.2) is 37.5 Å². The van der Waals surface area contributed by atoms with Gasteiger partial charge in [0, 0.05) is 13.0 Å². The van der Waals surface area contributed by atoms with Crippen LogP contribution in [0.3, 0.4) is 0 Å². The molecular formula is C6H12N2O3S. The van der Waals surface area contributed by atoms with E-state index in [2.05, 4.69) is 0 Å². The van der Waals surface area contributed by atoms with Gasteiger partial charge >= 0.3 is 0 Å². The Morgan fingerprint density at radius 1 is 1.50 bits per heavy atom. The van der Waals surface area contributed by atoms with E-state index >= 15 is 0 Å². The molecule has 1 rings (SSSR count). The molecule has 2 N–H and O–H groups in total. The Kier molecular flexibility index (Phi) is 2.69. The van der Waals surface area contributed by atoms with Crippen LogP contribution in [0.2, 0.25) is 0 Å². The maximum atomic E-state index is 11.1. The third-order valence-corrected chi connectivity index (χ3v) is 3.53. The van der Waals surface area contributed by atoms with Crippen LogP contribution in [0.5, 0.6) is 0 Å². The van der Waals surface area contributed by atoms with Gasteiger partial charge in [-0.15, -0.1) is 0 Å². The molecule has 5 nitrogen and oxygen atoms in total. The number of hydrogen-bond donors (Lipinski definition) is 1. The number of nitrogens with two attached hydrogens (primary N) is 1. The lowest BCUT2D eigenvalue weighted by Crippen LogP contribution is -2.31. The molecule has 0 aliphatic carbocycles. The Bertz CT molecular complexity index is 273. The van der Waals surface area contributed by atoms with E-state index in [0.717, 1.165) is 4.31 Å². The monoisotopic (exact) mass is 192 g/mol. The molecule has 1 heterocycles. The highest BCUT2D eigenvalue weighted by atomic mass is 32.2. The van der Waals surface area contributed by atoms with Crippen LogP contribution in [0.4, 0.5) is 0 Å². The minimum atomic E-state index is -3.28. The van der Waals surface area contributed by atoms with E-state index in [1.807, 2.05) is 0 Å². The first kappa shape index (κ1) is 9.47. The molecule has 1 aliphatic heterocycles. The lowest BCUT2D eigenvalue weighted by atomic mass is 10.4. The van der Waals surface area contributed by atoms with Crippen LogP contribution < -0.4 is 5.73 Å². The first-order valence-electron chi connectivity index (χ1n) is 3.81. The summed E-state index contributed by atoms with van der Waals surface area (Å²) < 4.78 is 23.2. The number of rotatable bonds is 3. The molecule has 1 aliphatic rings. The average molecular weight is 192 g/mol. The van der Waals surface area contributed by atoms with Crippen LogP contribution in [0, 0.1) is 0 Å². The second-order valence-electron chi connectivity index (χ2n) is 2.67. The Morgan fingerprint density at radius 3 is 2.58 bits per heavy atom. The third kappa shape index (κ3) is 1.75. The highest BCUT2D eigenvalue weighted by Crippen LogP contribution is 2.14. The molecule has 6 heteroatoms. The van der Waals surface area contributed by atoms with Crippen molar-refractivity contribution in [2.75, 3.05) is 18.8 Å². The molecule has 0 aromatic heterocycles. The predicted octanol–water partition coefficient (Wildman–Crippen LogP) is -1.10. The topological polar surface area (TPSA) is 80.5 Å². The van der Waals surface area contributed by atoms with Crippen molar-refractivity contribution >= 4 is 15.9 Å². The fourth-order valence-electron chi connectivity index (χ4n) is 1.10. The van der Waals surface area contributed by atoms with Gasteiger partial charge in [0.2, 0.25) is 15.9 Å². The summed E-state index contributed by atoms with van der Waals surface area (Å²) >= 11 is 0. The van der Waals surface area contributed by atoms with Gasteiger partial charge in [0.15, 0.2) is 0 Å². The van der Waals surface area contributed by atoms with Crippen molar-refractivity contribution in [1.82, 2.24) is 4.31 Å².